The van der Waals surface area contributed by atoms with E-state index in [1.165, 1.54) is 103 Å². The van der Waals surface area contributed by atoms with Crippen LogP contribution in [-0.2, 0) is 28.6 Å². The minimum Gasteiger partial charge on any atom is -0.462 e. The van der Waals surface area contributed by atoms with Crippen LogP contribution in [0.1, 0.15) is 214 Å². The molecule has 0 aromatic heterocycles. The number of unbranched alkanes of at least 4 members (excludes halogenated alkanes) is 20. The number of carbonyl (C=O) groups is 3. The molecular weight excluding hydrogens is 588 g/mol. The van der Waals surface area contributed by atoms with Crippen molar-refractivity contribution < 1.29 is 28.6 Å². The molecule has 0 radical (unpaired) electrons. The van der Waals surface area contributed by atoms with E-state index in [0.717, 1.165) is 69.6 Å². The third kappa shape index (κ3) is 35.5. The van der Waals surface area contributed by atoms with Crippen LogP contribution in [0, 0.1) is 11.8 Å². The van der Waals surface area contributed by atoms with E-state index in [0.29, 0.717) is 19.3 Å². The Bertz CT molecular complexity index is 719. The molecule has 0 amide bonds. The Morgan fingerprint density at radius 2 is 0.702 bits per heavy atom. The Balaban J connectivity index is 4.32. The van der Waals surface area contributed by atoms with Gasteiger partial charge in [0.05, 0.1) is 0 Å². The predicted molar refractivity (Wildman–Crippen MR) is 196 cm³/mol. The van der Waals surface area contributed by atoms with Gasteiger partial charge in [0.2, 0.25) is 0 Å². The molecule has 278 valence electrons. The summed E-state index contributed by atoms with van der Waals surface area (Å²) in [5.74, 6) is 0.712. The highest BCUT2D eigenvalue weighted by Crippen LogP contribution is 2.15. The van der Waals surface area contributed by atoms with E-state index in [4.69, 9.17) is 14.2 Å². The highest BCUT2D eigenvalue weighted by atomic mass is 16.6. The first kappa shape index (κ1) is 45.4. The molecule has 0 aliphatic heterocycles. The summed E-state index contributed by atoms with van der Waals surface area (Å²) in [4.78, 5) is 37.4. The Morgan fingerprint density at radius 3 is 1.04 bits per heavy atom. The van der Waals surface area contributed by atoms with E-state index in [2.05, 4.69) is 34.6 Å². The Hall–Kier alpha value is -1.59. The normalized spacial score (nSPS) is 12.1. The smallest absolute Gasteiger partial charge is 0.306 e. The van der Waals surface area contributed by atoms with Gasteiger partial charge in [-0.1, -0.05) is 176 Å². The van der Waals surface area contributed by atoms with Crippen molar-refractivity contribution in [3.8, 4) is 0 Å². The Labute approximate surface area is 291 Å². The van der Waals surface area contributed by atoms with Crippen molar-refractivity contribution >= 4 is 17.9 Å². The molecule has 0 unspecified atom stereocenters. The molecular formula is C41H78O6. The average molecular weight is 667 g/mol. The summed E-state index contributed by atoms with van der Waals surface area (Å²) in [6, 6.07) is 0. The van der Waals surface area contributed by atoms with Crippen LogP contribution in [0.4, 0.5) is 0 Å². The standard InChI is InChI=1S/C41H78O6/c1-6-7-8-9-14-21-26-31-39(42)45-34-38(47-41(44)33-28-23-18-13-16-20-25-30-37(4)5)35-46-40(43)32-27-22-17-12-10-11-15-19-24-29-36(2)3/h36-38H,6-35H2,1-5H3/t38-/m1/s1. The van der Waals surface area contributed by atoms with Crippen LogP contribution < -0.4 is 0 Å². The van der Waals surface area contributed by atoms with Crippen LogP contribution in [0.3, 0.4) is 0 Å². The highest BCUT2D eigenvalue weighted by Gasteiger charge is 2.19. The molecule has 0 saturated heterocycles. The maximum Gasteiger partial charge on any atom is 0.306 e. The van der Waals surface area contributed by atoms with Crippen molar-refractivity contribution in [3.63, 3.8) is 0 Å². The lowest BCUT2D eigenvalue weighted by molar-refractivity contribution is -0.167. The van der Waals surface area contributed by atoms with Crippen molar-refractivity contribution in [3.05, 3.63) is 0 Å². The molecule has 0 spiro atoms. The molecule has 0 heterocycles. The van der Waals surface area contributed by atoms with Crippen LogP contribution in [0.5, 0.6) is 0 Å². The van der Waals surface area contributed by atoms with E-state index in [1.807, 2.05) is 0 Å². The molecule has 0 aromatic rings. The first-order valence-corrected chi connectivity index (χ1v) is 20.2. The van der Waals surface area contributed by atoms with Crippen LogP contribution in [0.15, 0.2) is 0 Å². The lowest BCUT2D eigenvalue weighted by Gasteiger charge is -2.18. The minimum atomic E-state index is -0.758. The molecule has 0 bridgehead atoms. The molecule has 47 heavy (non-hydrogen) atoms. The molecule has 0 saturated carbocycles. The molecule has 6 nitrogen and oxygen atoms in total. The second kappa shape index (κ2) is 34.3. The number of ether oxygens (including phenoxy) is 3. The predicted octanol–water partition coefficient (Wildman–Crippen LogP) is 12.2. The molecule has 0 rings (SSSR count). The van der Waals surface area contributed by atoms with Crippen molar-refractivity contribution in [1.82, 2.24) is 0 Å². The van der Waals surface area contributed by atoms with Crippen molar-refractivity contribution in [2.45, 2.75) is 221 Å². The fourth-order valence-electron chi connectivity index (χ4n) is 5.87. The second-order valence-corrected chi connectivity index (χ2v) is 14.9. The first-order chi connectivity index (χ1) is 22.7. The van der Waals surface area contributed by atoms with E-state index >= 15 is 0 Å². The van der Waals surface area contributed by atoms with E-state index < -0.39 is 6.10 Å². The van der Waals surface area contributed by atoms with Gasteiger partial charge in [-0.25, -0.2) is 0 Å². The number of carbonyl (C=O) groups excluding carboxylic acids is 3. The highest BCUT2D eigenvalue weighted by molar-refractivity contribution is 5.71. The number of hydrogen-bond donors (Lipinski definition) is 0. The quantitative estimate of drug-likeness (QED) is 0.0380. The summed E-state index contributed by atoms with van der Waals surface area (Å²) in [5.41, 5.74) is 0. The number of esters is 3. The number of rotatable bonds is 35. The summed E-state index contributed by atoms with van der Waals surface area (Å²) in [6.07, 6.45) is 29.7. The van der Waals surface area contributed by atoms with Crippen LogP contribution in [0.2, 0.25) is 0 Å². The molecule has 0 aliphatic rings. The largest absolute Gasteiger partial charge is 0.462 e. The third-order valence-corrected chi connectivity index (χ3v) is 8.97. The Morgan fingerprint density at radius 1 is 0.404 bits per heavy atom. The zero-order valence-corrected chi connectivity index (χ0v) is 31.9. The molecule has 0 fully saturated rings. The Kier molecular flexibility index (Phi) is 33.1. The molecule has 0 N–H and O–H groups in total. The van der Waals surface area contributed by atoms with Gasteiger partial charge in [0, 0.05) is 19.3 Å². The van der Waals surface area contributed by atoms with Crippen LogP contribution in [-0.4, -0.2) is 37.2 Å². The second-order valence-electron chi connectivity index (χ2n) is 14.9. The lowest BCUT2D eigenvalue weighted by atomic mass is 10.0. The average Bonchev–Trinajstić information content (AvgIpc) is 3.03. The zero-order valence-electron chi connectivity index (χ0n) is 31.9. The maximum absolute atomic E-state index is 12.6. The van der Waals surface area contributed by atoms with Gasteiger partial charge < -0.3 is 14.2 Å². The minimum absolute atomic E-state index is 0.0670. The van der Waals surface area contributed by atoms with E-state index in [9.17, 15) is 14.4 Å². The van der Waals surface area contributed by atoms with Gasteiger partial charge in [0.15, 0.2) is 6.10 Å². The fraction of sp³-hybridized carbons (Fsp3) is 0.927. The van der Waals surface area contributed by atoms with Crippen molar-refractivity contribution in [1.29, 1.82) is 0 Å². The third-order valence-electron chi connectivity index (χ3n) is 8.97. The molecule has 0 aromatic carbocycles. The van der Waals surface area contributed by atoms with Gasteiger partial charge in [-0.15, -0.1) is 0 Å². The van der Waals surface area contributed by atoms with Gasteiger partial charge in [0.25, 0.3) is 0 Å². The summed E-state index contributed by atoms with van der Waals surface area (Å²) in [7, 11) is 0. The molecule has 0 aliphatic carbocycles. The van der Waals surface area contributed by atoms with Crippen LogP contribution >= 0.6 is 0 Å². The number of hydrogen-bond acceptors (Lipinski definition) is 6. The van der Waals surface area contributed by atoms with Crippen molar-refractivity contribution in [2.75, 3.05) is 13.2 Å². The fourth-order valence-corrected chi connectivity index (χ4v) is 5.87. The van der Waals surface area contributed by atoms with Gasteiger partial charge in [0.1, 0.15) is 13.2 Å². The molecule has 1 atom stereocenters. The topological polar surface area (TPSA) is 78.9 Å². The first-order valence-electron chi connectivity index (χ1n) is 20.2. The summed E-state index contributed by atoms with van der Waals surface area (Å²) < 4.78 is 16.6. The van der Waals surface area contributed by atoms with Crippen LogP contribution in [0.25, 0.3) is 0 Å². The van der Waals surface area contributed by atoms with Gasteiger partial charge in [-0.3, -0.25) is 14.4 Å². The van der Waals surface area contributed by atoms with Crippen molar-refractivity contribution in [2.24, 2.45) is 11.8 Å². The summed E-state index contributed by atoms with van der Waals surface area (Å²) in [6.45, 7) is 11.2. The zero-order chi connectivity index (χ0) is 34.8. The monoisotopic (exact) mass is 667 g/mol. The van der Waals surface area contributed by atoms with Gasteiger partial charge >= 0.3 is 17.9 Å². The molecule has 6 heteroatoms. The summed E-state index contributed by atoms with van der Waals surface area (Å²) in [5, 5.41) is 0. The SMILES string of the molecule is CCCCCCCCCC(=O)OC[C@H](COC(=O)CCCCCCCCCCCC(C)C)OC(=O)CCCCCCCCCC(C)C. The van der Waals surface area contributed by atoms with E-state index in [-0.39, 0.29) is 31.1 Å². The summed E-state index contributed by atoms with van der Waals surface area (Å²) >= 11 is 0. The maximum atomic E-state index is 12.6. The van der Waals surface area contributed by atoms with Gasteiger partial charge in [-0.05, 0) is 31.1 Å². The lowest BCUT2D eigenvalue weighted by Crippen LogP contribution is -2.30. The van der Waals surface area contributed by atoms with E-state index in [1.54, 1.807) is 0 Å². The van der Waals surface area contributed by atoms with Gasteiger partial charge in [-0.2, -0.15) is 0 Å².